The zero-order chi connectivity index (χ0) is 23.0. The van der Waals surface area contributed by atoms with Gasteiger partial charge in [-0.25, -0.2) is 13.8 Å². The summed E-state index contributed by atoms with van der Waals surface area (Å²) in [5.74, 6) is -1.80. The Morgan fingerprint density at radius 2 is 1.94 bits per heavy atom. The number of aromatic nitrogens is 4. The van der Waals surface area contributed by atoms with Gasteiger partial charge in [-0.1, -0.05) is 17.3 Å². The van der Waals surface area contributed by atoms with E-state index in [0.717, 1.165) is 37.9 Å². The number of hydrogen-bond donors (Lipinski definition) is 1. The van der Waals surface area contributed by atoms with E-state index in [1.54, 1.807) is 6.20 Å². The van der Waals surface area contributed by atoms with Gasteiger partial charge in [-0.3, -0.25) is 9.48 Å². The summed E-state index contributed by atoms with van der Waals surface area (Å²) in [5.41, 5.74) is 1.31. The zero-order valence-corrected chi connectivity index (χ0v) is 17.6. The minimum atomic E-state index is -1.06. The van der Waals surface area contributed by atoms with Gasteiger partial charge in [0.2, 0.25) is 5.89 Å². The standard InChI is InChI=1S/C23H21F2N5O3/c24-19-9-6-17(13-20(19)25)27-23(31)21-14-33-22(28-21)15-32-18-7-4-16(5-8-18)3-1-2-11-30-12-10-26-29-30/h4-10,12-14H,1-3,11,15H2,(H,27,31). The molecule has 1 amide bonds. The lowest BCUT2D eigenvalue weighted by Gasteiger charge is -2.06. The van der Waals surface area contributed by atoms with Gasteiger partial charge < -0.3 is 14.5 Å². The molecule has 2 heterocycles. The first-order valence-electron chi connectivity index (χ1n) is 10.3. The molecule has 0 saturated carbocycles. The Balaban J connectivity index is 1.22. The molecular weight excluding hydrogens is 432 g/mol. The van der Waals surface area contributed by atoms with Crippen LogP contribution < -0.4 is 10.1 Å². The Hall–Kier alpha value is -4.08. The fourth-order valence-electron chi connectivity index (χ4n) is 3.10. The number of rotatable bonds is 10. The van der Waals surface area contributed by atoms with Crippen molar-refractivity contribution in [2.75, 3.05) is 5.32 Å². The van der Waals surface area contributed by atoms with Gasteiger partial charge in [-0.2, -0.15) is 0 Å². The van der Waals surface area contributed by atoms with Crippen molar-refractivity contribution in [3.63, 3.8) is 0 Å². The van der Waals surface area contributed by atoms with Crippen LogP contribution in [-0.2, 0) is 19.6 Å². The Morgan fingerprint density at radius 3 is 2.70 bits per heavy atom. The number of unbranched alkanes of at least 4 members (excludes halogenated alkanes) is 1. The van der Waals surface area contributed by atoms with E-state index < -0.39 is 17.5 Å². The first-order valence-corrected chi connectivity index (χ1v) is 10.3. The number of benzene rings is 2. The topological polar surface area (TPSA) is 95.1 Å². The quantitative estimate of drug-likeness (QED) is 0.358. The number of carbonyl (C=O) groups excluding carboxylic acids is 1. The second-order valence-electron chi connectivity index (χ2n) is 7.27. The van der Waals surface area contributed by atoms with Crippen LogP contribution in [0.2, 0.25) is 0 Å². The van der Waals surface area contributed by atoms with Crippen LogP contribution in [0.4, 0.5) is 14.5 Å². The molecule has 0 spiro atoms. The lowest BCUT2D eigenvalue weighted by atomic mass is 10.1. The number of anilines is 1. The average Bonchev–Trinajstić information content (AvgIpc) is 3.51. The van der Waals surface area contributed by atoms with Crippen LogP contribution in [0.3, 0.4) is 0 Å². The molecule has 2 aromatic heterocycles. The number of nitrogens with one attached hydrogen (secondary N) is 1. The van der Waals surface area contributed by atoms with Crippen LogP contribution >= 0.6 is 0 Å². The molecule has 2 aromatic carbocycles. The third-order valence-corrected chi connectivity index (χ3v) is 4.82. The fourth-order valence-corrected chi connectivity index (χ4v) is 3.10. The van der Waals surface area contributed by atoms with E-state index in [4.69, 9.17) is 9.15 Å². The van der Waals surface area contributed by atoms with Gasteiger partial charge in [-0.05, 0) is 49.1 Å². The second kappa shape index (κ2) is 10.5. The van der Waals surface area contributed by atoms with Crippen molar-refractivity contribution in [3.8, 4) is 5.75 Å². The summed E-state index contributed by atoms with van der Waals surface area (Å²) in [7, 11) is 0. The summed E-state index contributed by atoms with van der Waals surface area (Å²) in [4.78, 5) is 16.3. The van der Waals surface area contributed by atoms with Gasteiger partial charge in [-0.15, -0.1) is 5.10 Å². The fraction of sp³-hybridized carbons (Fsp3) is 0.217. The molecule has 1 N–H and O–H groups in total. The Bertz CT molecular complexity index is 1190. The smallest absolute Gasteiger partial charge is 0.277 e. The molecule has 0 fully saturated rings. The third-order valence-electron chi connectivity index (χ3n) is 4.82. The Kier molecular flexibility index (Phi) is 7.03. The highest BCUT2D eigenvalue weighted by molar-refractivity contribution is 6.02. The predicted octanol–water partition coefficient (Wildman–Crippen LogP) is 4.40. The molecule has 4 aromatic rings. The summed E-state index contributed by atoms with van der Waals surface area (Å²) >= 11 is 0. The summed E-state index contributed by atoms with van der Waals surface area (Å²) < 4.78 is 39.0. The van der Waals surface area contributed by atoms with E-state index in [2.05, 4.69) is 20.6 Å². The largest absolute Gasteiger partial charge is 0.484 e. The SMILES string of the molecule is O=C(Nc1ccc(F)c(F)c1)c1coc(COc2ccc(CCCCn3ccnn3)cc2)n1. The van der Waals surface area contributed by atoms with Crippen molar-refractivity contribution < 1.29 is 22.7 Å². The summed E-state index contributed by atoms with van der Waals surface area (Å²) in [6.07, 6.45) is 7.69. The van der Waals surface area contributed by atoms with E-state index in [-0.39, 0.29) is 23.9 Å². The maximum atomic E-state index is 13.3. The van der Waals surface area contributed by atoms with Crippen LogP contribution in [-0.4, -0.2) is 25.9 Å². The molecule has 8 nitrogen and oxygen atoms in total. The molecule has 0 aliphatic rings. The van der Waals surface area contributed by atoms with Crippen molar-refractivity contribution in [1.82, 2.24) is 20.0 Å². The minimum absolute atomic E-state index is 0.000394. The summed E-state index contributed by atoms with van der Waals surface area (Å²) in [5, 5.41) is 10.2. The highest BCUT2D eigenvalue weighted by atomic mass is 19.2. The van der Waals surface area contributed by atoms with Gasteiger partial charge in [0.05, 0.1) is 6.20 Å². The van der Waals surface area contributed by atoms with Gasteiger partial charge in [0.15, 0.2) is 23.9 Å². The van der Waals surface area contributed by atoms with Crippen LogP contribution in [0.25, 0.3) is 0 Å². The Labute approximate surface area is 188 Å². The van der Waals surface area contributed by atoms with Crippen LogP contribution in [0.1, 0.15) is 34.8 Å². The molecule has 0 atom stereocenters. The van der Waals surface area contributed by atoms with Crippen molar-refractivity contribution in [1.29, 1.82) is 0 Å². The number of carbonyl (C=O) groups is 1. The molecular formula is C23H21F2N5O3. The number of nitrogens with zero attached hydrogens (tertiary/aromatic N) is 4. The number of hydrogen-bond acceptors (Lipinski definition) is 6. The monoisotopic (exact) mass is 453 g/mol. The highest BCUT2D eigenvalue weighted by Gasteiger charge is 2.14. The first kappa shape index (κ1) is 22.1. The summed E-state index contributed by atoms with van der Waals surface area (Å²) in [6, 6.07) is 10.8. The van der Waals surface area contributed by atoms with E-state index in [0.29, 0.717) is 5.75 Å². The van der Waals surface area contributed by atoms with Crippen molar-refractivity contribution >= 4 is 11.6 Å². The number of ether oxygens (including phenoxy) is 1. The van der Waals surface area contributed by atoms with Crippen molar-refractivity contribution in [3.05, 3.63) is 89.9 Å². The molecule has 0 aliphatic carbocycles. The van der Waals surface area contributed by atoms with Crippen molar-refractivity contribution in [2.45, 2.75) is 32.4 Å². The normalized spacial score (nSPS) is 10.8. The van der Waals surface area contributed by atoms with Crippen LogP contribution in [0, 0.1) is 11.6 Å². The van der Waals surface area contributed by atoms with Crippen LogP contribution in [0.15, 0.2) is 65.5 Å². The van der Waals surface area contributed by atoms with E-state index in [9.17, 15) is 13.6 Å². The zero-order valence-electron chi connectivity index (χ0n) is 17.6. The number of halogens is 2. The van der Waals surface area contributed by atoms with E-state index in [1.807, 2.05) is 35.1 Å². The third kappa shape index (κ3) is 6.22. The first-order chi connectivity index (χ1) is 16.1. The molecule has 0 aliphatic heterocycles. The van der Waals surface area contributed by atoms with E-state index in [1.165, 1.54) is 17.9 Å². The van der Waals surface area contributed by atoms with Crippen molar-refractivity contribution in [2.24, 2.45) is 0 Å². The molecule has 4 rings (SSSR count). The molecule has 33 heavy (non-hydrogen) atoms. The van der Waals surface area contributed by atoms with E-state index >= 15 is 0 Å². The Morgan fingerprint density at radius 1 is 1.09 bits per heavy atom. The lowest BCUT2D eigenvalue weighted by Crippen LogP contribution is -2.13. The highest BCUT2D eigenvalue weighted by Crippen LogP contribution is 2.17. The molecule has 0 saturated heterocycles. The molecule has 0 unspecified atom stereocenters. The van der Waals surface area contributed by atoms with Gasteiger partial charge >= 0.3 is 0 Å². The molecule has 0 bridgehead atoms. The summed E-state index contributed by atoms with van der Waals surface area (Å²) in [6.45, 7) is 0.883. The molecule has 10 heteroatoms. The predicted molar refractivity (Wildman–Crippen MR) is 115 cm³/mol. The lowest BCUT2D eigenvalue weighted by molar-refractivity contribution is 0.102. The average molecular weight is 453 g/mol. The second-order valence-corrected chi connectivity index (χ2v) is 7.27. The number of oxazole rings is 1. The maximum Gasteiger partial charge on any atom is 0.277 e. The molecule has 0 radical (unpaired) electrons. The van der Waals surface area contributed by atoms with Gasteiger partial charge in [0.1, 0.15) is 12.0 Å². The molecule has 170 valence electrons. The van der Waals surface area contributed by atoms with Crippen LogP contribution in [0.5, 0.6) is 5.75 Å². The maximum absolute atomic E-state index is 13.3. The minimum Gasteiger partial charge on any atom is -0.484 e. The van der Waals surface area contributed by atoms with Gasteiger partial charge in [0, 0.05) is 24.5 Å². The van der Waals surface area contributed by atoms with Gasteiger partial charge in [0.25, 0.3) is 5.91 Å². The number of amides is 1. The number of aryl methyl sites for hydroxylation is 2.